The van der Waals surface area contributed by atoms with Crippen LogP contribution in [0.25, 0.3) is 21.9 Å². The van der Waals surface area contributed by atoms with Gasteiger partial charge < -0.3 is 19.4 Å². The molecule has 5 rings (SSSR count). The Kier molecular flexibility index (Phi) is 8.59. The van der Waals surface area contributed by atoms with Gasteiger partial charge in [-0.1, -0.05) is 55.0 Å². The summed E-state index contributed by atoms with van der Waals surface area (Å²) in [6.07, 6.45) is 2.61. The van der Waals surface area contributed by atoms with Crippen molar-refractivity contribution in [1.29, 1.82) is 0 Å². The second-order valence-electron chi connectivity index (χ2n) is 10.4. The molecule has 1 amide bonds. The van der Waals surface area contributed by atoms with E-state index in [1.165, 1.54) is 23.0 Å². The molecule has 0 saturated heterocycles. The zero-order chi connectivity index (χ0) is 30.0. The van der Waals surface area contributed by atoms with Gasteiger partial charge in [-0.15, -0.1) is 11.3 Å². The van der Waals surface area contributed by atoms with Gasteiger partial charge in [-0.3, -0.25) is 9.59 Å². The van der Waals surface area contributed by atoms with Crippen LogP contribution in [0.4, 0.5) is 5.00 Å². The van der Waals surface area contributed by atoms with E-state index in [0.717, 1.165) is 47.3 Å². The third-order valence-electron chi connectivity index (χ3n) is 7.64. The molecule has 0 fully saturated rings. The van der Waals surface area contributed by atoms with Gasteiger partial charge in [0, 0.05) is 22.9 Å². The maximum atomic E-state index is 13.8. The lowest BCUT2D eigenvalue weighted by atomic mass is 9.95. The van der Waals surface area contributed by atoms with Crippen molar-refractivity contribution in [1.82, 2.24) is 4.57 Å². The topological polar surface area (TPSA) is 104 Å². The van der Waals surface area contributed by atoms with Gasteiger partial charge in [-0.05, 0) is 68.5 Å². The van der Waals surface area contributed by atoms with Gasteiger partial charge in [0.05, 0.1) is 12.2 Å². The van der Waals surface area contributed by atoms with E-state index in [0.29, 0.717) is 26.9 Å². The van der Waals surface area contributed by atoms with Crippen LogP contribution in [0.3, 0.4) is 0 Å². The lowest BCUT2D eigenvalue weighted by Gasteiger charge is -2.20. The van der Waals surface area contributed by atoms with Gasteiger partial charge in [0.25, 0.3) is 11.5 Å². The number of aryl methyl sites for hydroxylation is 2. The Bertz CT molecular complexity index is 1730. The summed E-state index contributed by atoms with van der Waals surface area (Å²) in [6.45, 7) is 5.68. The van der Waals surface area contributed by atoms with Crippen molar-refractivity contribution in [2.45, 2.75) is 59.0 Å². The smallest absolute Gasteiger partial charge is 0.356 e. The van der Waals surface area contributed by atoms with Crippen molar-refractivity contribution in [3.8, 4) is 11.1 Å². The summed E-state index contributed by atoms with van der Waals surface area (Å²) in [7, 11) is 1.53. The maximum absolute atomic E-state index is 13.8. The number of hydrogen-bond acceptors (Lipinski definition) is 7. The number of esters is 2. The molecule has 1 aliphatic rings. The molecule has 4 aromatic rings. The number of nitrogens with zero attached hydrogens (tertiary/aromatic N) is 1. The Morgan fingerprint density at radius 2 is 1.67 bits per heavy atom. The summed E-state index contributed by atoms with van der Waals surface area (Å²) in [6, 6.07) is 14.8. The summed E-state index contributed by atoms with van der Waals surface area (Å²) in [5, 5.41) is 4.37. The summed E-state index contributed by atoms with van der Waals surface area (Å²) in [5.41, 5.74) is 3.41. The number of amides is 1. The van der Waals surface area contributed by atoms with Crippen LogP contribution in [0.2, 0.25) is 0 Å². The minimum atomic E-state index is -1.15. The number of thiophene rings is 1. The van der Waals surface area contributed by atoms with Crippen molar-refractivity contribution in [2.24, 2.45) is 7.05 Å². The second kappa shape index (κ2) is 12.3. The minimum Gasteiger partial charge on any atom is -0.462 e. The number of nitrogens with one attached hydrogen (secondary N) is 1. The number of anilines is 1. The first kappa shape index (κ1) is 29.3. The molecule has 1 atom stereocenters. The molecule has 218 valence electrons. The van der Waals surface area contributed by atoms with Crippen molar-refractivity contribution >= 4 is 45.0 Å². The van der Waals surface area contributed by atoms with Crippen LogP contribution in [0.15, 0.2) is 53.3 Å². The highest BCUT2D eigenvalue weighted by Gasteiger charge is 2.31. The van der Waals surface area contributed by atoms with Gasteiger partial charge in [0.2, 0.25) is 0 Å². The fourth-order valence-electron chi connectivity index (χ4n) is 5.49. The first-order valence-electron chi connectivity index (χ1n) is 14.3. The second-order valence-corrected chi connectivity index (χ2v) is 11.5. The largest absolute Gasteiger partial charge is 0.462 e. The number of hydrogen-bond donors (Lipinski definition) is 1. The fraction of sp³-hybridized carbons (Fsp3) is 0.333. The van der Waals surface area contributed by atoms with Crippen molar-refractivity contribution in [3.05, 3.63) is 86.1 Å². The number of ether oxygens (including phenoxy) is 2. The van der Waals surface area contributed by atoms with E-state index in [1.54, 1.807) is 26.0 Å². The first-order valence-corrected chi connectivity index (χ1v) is 15.1. The van der Waals surface area contributed by atoms with Crippen LogP contribution in [0, 0.1) is 6.92 Å². The molecule has 0 saturated carbocycles. The van der Waals surface area contributed by atoms with Gasteiger partial charge in [-0.25, -0.2) is 9.59 Å². The fourth-order valence-corrected chi connectivity index (χ4v) is 6.77. The number of rotatable bonds is 8. The highest BCUT2D eigenvalue weighted by Crippen LogP contribution is 2.39. The number of pyridine rings is 1. The first-order chi connectivity index (χ1) is 20.2. The lowest BCUT2D eigenvalue weighted by molar-refractivity contribution is -0.124. The summed E-state index contributed by atoms with van der Waals surface area (Å²) in [4.78, 5) is 54.6. The van der Waals surface area contributed by atoms with Crippen LogP contribution in [-0.4, -0.2) is 35.1 Å². The van der Waals surface area contributed by atoms with E-state index < -0.39 is 23.9 Å². The van der Waals surface area contributed by atoms with Crippen LogP contribution in [0.5, 0.6) is 0 Å². The van der Waals surface area contributed by atoms with Crippen LogP contribution < -0.4 is 10.9 Å². The van der Waals surface area contributed by atoms with E-state index >= 15 is 0 Å². The van der Waals surface area contributed by atoms with E-state index in [2.05, 4.69) is 5.32 Å². The molecule has 1 aliphatic carbocycles. The Labute approximate surface area is 248 Å². The third-order valence-corrected chi connectivity index (χ3v) is 8.84. The van der Waals surface area contributed by atoms with E-state index in [-0.39, 0.29) is 24.3 Å². The average Bonchev–Trinajstić information content (AvgIpc) is 3.36. The summed E-state index contributed by atoms with van der Waals surface area (Å²) in [5.74, 6) is -1.79. The molecule has 8 nitrogen and oxygen atoms in total. The molecule has 9 heteroatoms. The minimum absolute atomic E-state index is 0.0626. The highest BCUT2D eigenvalue weighted by atomic mass is 32.1. The van der Waals surface area contributed by atoms with Crippen molar-refractivity contribution < 1.29 is 23.9 Å². The Hall–Kier alpha value is -4.24. The van der Waals surface area contributed by atoms with E-state index in [1.807, 2.05) is 43.3 Å². The highest BCUT2D eigenvalue weighted by molar-refractivity contribution is 7.17. The van der Waals surface area contributed by atoms with Crippen LogP contribution in [-0.2, 0) is 34.2 Å². The molecule has 2 heterocycles. The molecule has 2 aromatic heterocycles. The Balaban J connectivity index is 1.50. The van der Waals surface area contributed by atoms with Crippen molar-refractivity contribution in [3.63, 3.8) is 0 Å². The third kappa shape index (κ3) is 5.48. The summed E-state index contributed by atoms with van der Waals surface area (Å²) < 4.78 is 12.4. The standard InChI is InChI=1S/C33H34N2O6S/c1-5-24(29(36)34-30-27(32(38)40-6-2)23-13-9-10-14-25(23)42-30)41-33(39)28-26(20-17-15-19(3)16-18-20)21-11-7-8-12-22(21)31(37)35(28)4/h7-8,11-12,15-18,24H,5-6,9-10,13-14H2,1-4H3,(H,34,36). The predicted molar refractivity (Wildman–Crippen MR) is 164 cm³/mol. The zero-order valence-corrected chi connectivity index (χ0v) is 25.1. The van der Waals surface area contributed by atoms with Gasteiger partial charge in [0.15, 0.2) is 6.10 Å². The number of benzene rings is 2. The normalized spacial score (nSPS) is 13.3. The van der Waals surface area contributed by atoms with E-state index in [9.17, 15) is 19.2 Å². The molecule has 1 N–H and O–H groups in total. The zero-order valence-electron chi connectivity index (χ0n) is 24.2. The van der Waals surface area contributed by atoms with Crippen molar-refractivity contribution in [2.75, 3.05) is 11.9 Å². The van der Waals surface area contributed by atoms with Gasteiger partial charge in [0.1, 0.15) is 10.7 Å². The van der Waals surface area contributed by atoms with E-state index in [4.69, 9.17) is 9.47 Å². The molecule has 1 unspecified atom stereocenters. The molecule has 0 aliphatic heterocycles. The van der Waals surface area contributed by atoms with Crippen LogP contribution in [0.1, 0.15) is 70.0 Å². The molecular weight excluding hydrogens is 552 g/mol. The molecule has 2 aromatic carbocycles. The molecular formula is C33H34N2O6S. The number of aromatic nitrogens is 1. The monoisotopic (exact) mass is 586 g/mol. The SMILES string of the molecule is CCOC(=O)c1c(NC(=O)C(CC)OC(=O)c2c(-c3ccc(C)cc3)c3ccccc3c(=O)n2C)sc2c1CCCC2. The molecule has 0 radical (unpaired) electrons. The maximum Gasteiger partial charge on any atom is 0.356 e. The lowest BCUT2D eigenvalue weighted by Crippen LogP contribution is -2.34. The molecule has 42 heavy (non-hydrogen) atoms. The Morgan fingerprint density at radius 3 is 2.36 bits per heavy atom. The van der Waals surface area contributed by atoms with Crippen LogP contribution >= 0.6 is 11.3 Å². The number of carbonyl (C=O) groups excluding carboxylic acids is 3. The Morgan fingerprint density at radius 1 is 0.976 bits per heavy atom. The average molecular weight is 587 g/mol. The number of fused-ring (bicyclic) bond motifs is 2. The predicted octanol–water partition coefficient (Wildman–Crippen LogP) is 6.21. The molecule has 0 bridgehead atoms. The number of carbonyl (C=O) groups is 3. The van der Waals surface area contributed by atoms with Gasteiger partial charge >= 0.3 is 11.9 Å². The summed E-state index contributed by atoms with van der Waals surface area (Å²) >= 11 is 1.38. The van der Waals surface area contributed by atoms with Gasteiger partial charge in [-0.2, -0.15) is 0 Å². The molecule has 0 spiro atoms. The quantitative estimate of drug-likeness (QED) is 0.247.